The van der Waals surface area contributed by atoms with E-state index >= 15 is 0 Å². The van der Waals surface area contributed by atoms with E-state index in [-0.39, 0.29) is 23.6 Å². The van der Waals surface area contributed by atoms with Gasteiger partial charge in [-0.15, -0.1) is 10.2 Å². The standard InChI is InChI=1S/C16H17FN4O3S/c1-24-9-13(22)21-7-3-6-12(21)15-19-20-16(25-15)14(23)18-11-5-2-4-10(17)8-11/h2,4-5,8,12H,3,6-7,9H2,1H3,(H,18,23)/t12-/m0/s1. The van der Waals surface area contributed by atoms with Gasteiger partial charge in [0.1, 0.15) is 17.4 Å². The van der Waals surface area contributed by atoms with Crippen LogP contribution in [0, 0.1) is 5.82 Å². The third-order valence-corrected chi connectivity index (χ3v) is 4.87. The van der Waals surface area contributed by atoms with Gasteiger partial charge in [-0.05, 0) is 31.0 Å². The molecule has 2 amide bonds. The molecule has 1 saturated heterocycles. The number of aromatic nitrogens is 2. The SMILES string of the molecule is COCC(=O)N1CCC[C@H]1c1nnc(C(=O)Nc2cccc(F)c2)s1. The number of hydrogen-bond acceptors (Lipinski definition) is 6. The summed E-state index contributed by atoms with van der Waals surface area (Å²) in [6.45, 7) is 0.652. The van der Waals surface area contributed by atoms with Gasteiger partial charge in [0.15, 0.2) is 0 Å². The van der Waals surface area contributed by atoms with Crippen LogP contribution >= 0.6 is 11.3 Å². The summed E-state index contributed by atoms with van der Waals surface area (Å²) in [5, 5.41) is 11.4. The lowest BCUT2D eigenvalue weighted by atomic mass is 10.2. The average Bonchev–Trinajstić information content (AvgIpc) is 3.24. The minimum Gasteiger partial charge on any atom is -0.375 e. The van der Waals surface area contributed by atoms with Crippen LogP contribution in [0.15, 0.2) is 24.3 Å². The molecule has 25 heavy (non-hydrogen) atoms. The highest BCUT2D eigenvalue weighted by Gasteiger charge is 2.32. The van der Waals surface area contributed by atoms with Gasteiger partial charge in [-0.3, -0.25) is 9.59 Å². The van der Waals surface area contributed by atoms with Gasteiger partial charge in [-0.25, -0.2) is 4.39 Å². The largest absolute Gasteiger partial charge is 0.375 e. The lowest BCUT2D eigenvalue weighted by Gasteiger charge is -2.22. The minimum atomic E-state index is -0.456. The Morgan fingerprint density at radius 2 is 2.28 bits per heavy atom. The number of anilines is 1. The number of hydrogen-bond donors (Lipinski definition) is 1. The van der Waals surface area contributed by atoms with Crippen LogP contribution in [-0.2, 0) is 9.53 Å². The molecule has 1 aromatic carbocycles. The lowest BCUT2D eigenvalue weighted by Crippen LogP contribution is -2.33. The normalized spacial score (nSPS) is 16.9. The van der Waals surface area contributed by atoms with Crippen molar-refractivity contribution in [1.82, 2.24) is 15.1 Å². The molecule has 1 aromatic heterocycles. The quantitative estimate of drug-likeness (QED) is 0.880. The molecular formula is C16H17FN4O3S. The van der Waals surface area contributed by atoms with Crippen LogP contribution in [-0.4, -0.2) is 47.2 Å². The third kappa shape index (κ3) is 3.99. The maximum atomic E-state index is 13.2. The second-order valence-electron chi connectivity index (χ2n) is 5.59. The summed E-state index contributed by atoms with van der Waals surface area (Å²) >= 11 is 1.14. The summed E-state index contributed by atoms with van der Waals surface area (Å²) in [4.78, 5) is 26.0. The van der Waals surface area contributed by atoms with E-state index in [1.807, 2.05) is 0 Å². The van der Waals surface area contributed by atoms with Crippen LogP contribution in [0.2, 0.25) is 0 Å². The molecule has 0 unspecified atom stereocenters. The minimum absolute atomic E-state index is 0.0161. The first-order chi connectivity index (χ1) is 12.1. The molecular weight excluding hydrogens is 347 g/mol. The number of carbonyl (C=O) groups is 2. The molecule has 0 bridgehead atoms. The number of likely N-dealkylation sites (tertiary alicyclic amines) is 1. The van der Waals surface area contributed by atoms with Gasteiger partial charge in [0.05, 0.1) is 6.04 Å². The molecule has 0 radical (unpaired) electrons. The van der Waals surface area contributed by atoms with Gasteiger partial charge in [0.2, 0.25) is 10.9 Å². The Morgan fingerprint density at radius 3 is 3.04 bits per heavy atom. The van der Waals surface area contributed by atoms with Gasteiger partial charge in [0.25, 0.3) is 5.91 Å². The summed E-state index contributed by atoms with van der Waals surface area (Å²) in [6, 6.07) is 5.43. The van der Waals surface area contributed by atoms with Crippen molar-refractivity contribution >= 4 is 28.8 Å². The van der Waals surface area contributed by atoms with Crippen LogP contribution < -0.4 is 5.32 Å². The summed E-state index contributed by atoms with van der Waals surface area (Å²) in [5.41, 5.74) is 0.347. The smallest absolute Gasteiger partial charge is 0.286 e. The van der Waals surface area contributed by atoms with Crippen molar-refractivity contribution in [2.24, 2.45) is 0 Å². The van der Waals surface area contributed by atoms with E-state index in [1.54, 1.807) is 11.0 Å². The molecule has 0 aliphatic carbocycles. The number of ether oxygens (including phenoxy) is 1. The van der Waals surface area contributed by atoms with Gasteiger partial charge < -0.3 is 15.0 Å². The van der Waals surface area contributed by atoms with Crippen molar-refractivity contribution in [3.05, 3.63) is 40.1 Å². The molecule has 3 rings (SSSR count). The highest BCUT2D eigenvalue weighted by Crippen LogP contribution is 2.33. The zero-order valence-corrected chi connectivity index (χ0v) is 14.4. The highest BCUT2D eigenvalue weighted by atomic mass is 32.1. The molecule has 2 heterocycles. The first kappa shape index (κ1) is 17.4. The Balaban J connectivity index is 1.71. The predicted molar refractivity (Wildman–Crippen MR) is 89.8 cm³/mol. The molecule has 1 aliphatic heterocycles. The molecule has 2 aromatic rings. The monoisotopic (exact) mass is 364 g/mol. The summed E-state index contributed by atoms with van der Waals surface area (Å²) in [5.74, 6) is -0.998. The van der Waals surface area contributed by atoms with Crippen LogP contribution in [0.5, 0.6) is 0 Å². The average molecular weight is 364 g/mol. The van der Waals surface area contributed by atoms with E-state index in [2.05, 4.69) is 15.5 Å². The van der Waals surface area contributed by atoms with Gasteiger partial charge in [0, 0.05) is 19.3 Å². The molecule has 1 aliphatic rings. The number of carbonyl (C=O) groups excluding carboxylic acids is 2. The Morgan fingerprint density at radius 1 is 1.44 bits per heavy atom. The maximum Gasteiger partial charge on any atom is 0.286 e. The van der Waals surface area contributed by atoms with Crippen LogP contribution in [0.25, 0.3) is 0 Å². The van der Waals surface area contributed by atoms with Crippen molar-refractivity contribution < 1.29 is 18.7 Å². The Kier molecular flexibility index (Phi) is 5.34. The van der Waals surface area contributed by atoms with E-state index in [0.29, 0.717) is 17.2 Å². The second-order valence-corrected chi connectivity index (χ2v) is 6.60. The Labute approximate surface area is 147 Å². The molecule has 0 saturated carbocycles. The highest BCUT2D eigenvalue weighted by molar-refractivity contribution is 7.13. The van der Waals surface area contributed by atoms with E-state index in [4.69, 9.17) is 4.74 Å². The van der Waals surface area contributed by atoms with Crippen molar-refractivity contribution in [3.8, 4) is 0 Å². The number of nitrogens with zero attached hydrogens (tertiary/aromatic N) is 3. The number of benzene rings is 1. The zero-order chi connectivity index (χ0) is 17.8. The number of rotatable bonds is 5. The zero-order valence-electron chi connectivity index (χ0n) is 13.6. The fourth-order valence-electron chi connectivity index (χ4n) is 2.74. The van der Waals surface area contributed by atoms with Crippen LogP contribution in [0.1, 0.15) is 33.7 Å². The maximum absolute atomic E-state index is 13.2. The first-order valence-electron chi connectivity index (χ1n) is 7.77. The predicted octanol–water partition coefficient (Wildman–Crippen LogP) is 2.24. The fraction of sp³-hybridized carbons (Fsp3) is 0.375. The van der Waals surface area contributed by atoms with Crippen molar-refractivity contribution in [2.45, 2.75) is 18.9 Å². The molecule has 7 nitrogen and oxygen atoms in total. The van der Waals surface area contributed by atoms with Crippen molar-refractivity contribution in [2.75, 3.05) is 25.6 Å². The topological polar surface area (TPSA) is 84.4 Å². The van der Waals surface area contributed by atoms with E-state index in [0.717, 1.165) is 24.2 Å². The van der Waals surface area contributed by atoms with Crippen molar-refractivity contribution in [1.29, 1.82) is 0 Å². The molecule has 1 fully saturated rings. The molecule has 0 spiro atoms. The number of amides is 2. The molecule has 132 valence electrons. The molecule has 1 atom stereocenters. The van der Waals surface area contributed by atoms with E-state index in [9.17, 15) is 14.0 Å². The number of methoxy groups -OCH3 is 1. The number of nitrogens with one attached hydrogen (secondary N) is 1. The van der Waals surface area contributed by atoms with E-state index < -0.39 is 11.7 Å². The first-order valence-corrected chi connectivity index (χ1v) is 8.59. The summed E-state index contributed by atoms with van der Waals surface area (Å²) in [6.07, 6.45) is 1.64. The van der Waals surface area contributed by atoms with Gasteiger partial charge in [-0.2, -0.15) is 0 Å². The van der Waals surface area contributed by atoms with E-state index in [1.165, 1.54) is 25.3 Å². The van der Waals surface area contributed by atoms with Crippen LogP contribution in [0.3, 0.4) is 0 Å². The van der Waals surface area contributed by atoms with Crippen LogP contribution in [0.4, 0.5) is 10.1 Å². The number of halogens is 1. The van der Waals surface area contributed by atoms with Gasteiger partial charge in [-0.1, -0.05) is 17.4 Å². The fourth-order valence-corrected chi connectivity index (χ4v) is 3.63. The summed E-state index contributed by atoms with van der Waals surface area (Å²) in [7, 11) is 1.47. The Bertz CT molecular complexity index is 782. The van der Waals surface area contributed by atoms with Crippen molar-refractivity contribution in [3.63, 3.8) is 0 Å². The Hall–Kier alpha value is -2.39. The van der Waals surface area contributed by atoms with Gasteiger partial charge >= 0.3 is 0 Å². The summed E-state index contributed by atoms with van der Waals surface area (Å²) < 4.78 is 18.1. The molecule has 1 N–H and O–H groups in total. The third-order valence-electron chi connectivity index (χ3n) is 3.84. The lowest BCUT2D eigenvalue weighted by molar-refractivity contribution is -0.136. The second kappa shape index (κ2) is 7.66. The molecule has 9 heteroatoms.